The Morgan fingerprint density at radius 1 is 0.371 bits per heavy atom. The van der Waals surface area contributed by atoms with Crippen LogP contribution < -0.4 is 0 Å². The summed E-state index contributed by atoms with van der Waals surface area (Å²) in [6.45, 7) is 0. The minimum atomic E-state index is -5.28. The molecule has 7 aromatic carbocycles. The molecule has 9 aromatic rings. The van der Waals surface area contributed by atoms with Crippen molar-refractivity contribution in [2.75, 3.05) is 0 Å². The zero-order chi connectivity index (χ0) is 43.7. The number of aromatic nitrogens is 2. The molecule has 0 bridgehead atoms. The highest BCUT2D eigenvalue weighted by Gasteiger charge is 2.42. The summed E-state index contributed by atoms with van der Waals surface area (Å²) in [6, 6.07) is 40.0. The fourth-order valence-electron chi connectivity index (χ4n) is 8.44. The van der Waals surface area contributed by atoms with Crippen molar-refractivity contribution in [3.63, 3.8) is 0 Å². The summed E-state index contributed by atoms with van der Waals surface area (Å²) in [5.74, 6) is 0. The van der Waals surface area contributed by atoms with Gasteiger partial charge in [0.2, 0.25) is 0 Å². The Morgan fingerprint density at radius 3 is 1.08 bits per heavy atom. The van der Waals surface area contributed by atoms with Gasteiger partial charge < -0.3 is 9.13 Å². The van der Waals surface area contributed by atoms with Gasteiger partial charge in [-0.25, -0.2) is 0 Å². The van der Waals surface area contributed by atoms with E-state index in [-0.39, 0.29) is 50.3 Å². The van der Waals surface area contributed by atoms with E-state index >= 15 is 26.3 Å². The van der Waals surface area contributed by atoms with Crippen LogP contribution in [-0.4, -0.2) is 9.13 Å². The standard InChI is InChI=1S/C49H21F6N7/c50-48(51,52)37-6-3-7-38(49(53,54)55)46(37)32-5-2-9-44(62-41-16-12-29(24-58)20-35(41)36-21-30(25-59)13-17-42(36)62)47(32)45-31(26-60)4-1-8-43(45)61-39-14-10-27(22-56)18-33(39)34-19-28(23-57)11-15-40(34)61/h1-21H. The predicted octanol–water partition coefficient (Wildman–Crippen LogP) is 12.6. The van der Waals surface area contributed by atoms with E-state index in [1.165, 1.54) is 30.3 Å². The van der Waals surface area contributed by atoms with Crippen LogP contribution >= 0.6 is 0 Å². The average Bonchev–Trinajstić information content (AvgIpc) is 3.78. The van der Waals surface area contributed by atoms with Gasteiger partial charge in [-0.15, -0.1) is 0 Å². The van der Waals surface area contributed by atoms with Crippen LogP contribution in [0, 0.1) is 56.7 Å². The second-order valence-electron chi connectivity index (χ2n) is 14.3. The Hall–Kier alpha value is -8.83. The van der Waals surface area contributed by atoms with E-state index in [0.29, 0.717) is 61.8 Å². The van der Waals surface area contributed by atoms with Crippen LogP contribution in [-0.2, 0) is 12.4 Å². The molecule has 0 saturated heterocycles. The molecule has 0 saturated carbocycles. The molecule has 62 heavy (non-hydrogen) atoms. The number of nitriles is 5. The third kappa shape index (κ3) is 5.95. The molecule has 0 atom stereocenters. The van der Waals surface area contributed by atoms with Crippen molar-refractivity contribution in [2.45, 2.75) is 12.4 Å². The normalized spacial score (nSPS) is 11.6. The van der Waals surface area contributed by atoms with E-state index in [9.17, 15) is 26.3 Å². The molecule has 13 heteroatoms. The molecule has 2 aromatic heterocycles. The maximum atomic E-state index is 15.2. The molecule has 0 radical (unpaired) electrons. The van der Waals surface area contributed by atoms with E-state index in [1.54, 1.807) is 81.9 Å². The fraction of sp³-hybridized carbons (Fsp3) is 0.0408. The largest absolute Gasteiger partial charge is 0.417 e. The van der Waals surface area contributed by atoms with Gasteiger partial charge in [0, 0.05) is 38.2 Å². The lowest BCUT2D eigenvalue weighted by atomic mass is 9.85. The van der Waals surface area contributed by atoms with Crippen LogP contribution in [0.4, 0.5) is 26.3 Å². The minimum Gasteiger partial charge on any atom is -0.309 e. The summed E-state index contributed by atoms with van der Waals surface area (Å²) in [5.41, 5.74) is -2.05. The summed E-state index contributed by atoms with van der Waals surface area (Å²) in [5, 5.41) is 52.3. The lowest BCUT2D eigenvalue weighted by Gasteiger charge is -2.25. The van der Waals surface area contributed by atoms with Gasteiger partial charge in [-0.05, 0) is 109 Å². The van der Waals surface area contributed by atoms with Crippen LogP contribution in [0.5, 0.6) is 0 Å². The van der Waals surface area contributed by atoms with Gasteiger partial charge in [0.1, 0.15) is 0 Å². The van der Waals surface area contributed by atoms with Crippen molar-refractivity contribution in [2.24, 2.45) is 0 Å². The molecule has 0 aliphatic rings. The Kier molecular flexibility index (Phi) is 8.84. The molecule has 294 valence electrons. The van der Waals surface area contributed by atoms with Crippen LogP contribution in [0.15, 0.2) is 127 Å². The number of rotatable bonds is 4. The first-order chi connectivity index (χ1) is 29.8. The average molecular weight is 822 g/mol. The highest BCUT2D eigenvalue weighted by molar-refractivity contribution is 6.13. The van der Waals surface area contributed by atoms with E-state index in [0.717, 1.165) is 6.07 Å². The Labute approximate surface area is 347 Å². The molecule has 9 rings (SSSR count). The molecule has 0 unspecified atom stereocenters. The maximum Gasteiger partial charge on any atom is 0.417 e. The number of fused-ring (bicyclic) bond motifs is 6. The third-order valence-corrected chi connectivity index (χ3v) is 10.9. The van der Waals surface area contributed by atoms with Gasteiger partial charge in [-0.3, -0.25) is 0 Å². The molecule has 7 nitrogen and oxygen atoms in total. The molecule has 0 aliphatic carbocycles. The number of halogens is 6. The first-order valence-electron chi connectivity index (χ1n) is 18.5. The van der Waals surface area contributed by atoms with Gasteiger partial charge in [0.15, 0.2) is 0 Å². The van der Waals surface area contributed by atoms with E-state index in [2.05, 4.69) is 30.3 Å². The molecular weight excluding hydrogens is 801 g/mol. The summed E-state index contributed by atoms with van der Waals surface area (Å²) in [6.07, 6.45) is -10.6. The van der Waals surface area contributed by atoms with Crippen molar-refractivity contribution in [1.82, 2.24) is 9.13 Å². The van der Waals surface area contributed by atoms with Gasteiger partial charge in [-0.1, -0.05) is 24.3 Å². The first kappa shape index (κ1) is 38.7. The Bertz CT molecular complexity index is 3450. The molecule has 0 N–H and O–H groups in total. The summed E-state index contributed by atoms with van der Waals surface area (Å²) >= 11 is 0. The Balaban J connectivity index is 1.54. The first-order valence-corrected chi connectivity index (χ1v) is 18.5. The van der Waals surface area contributed by atoms with Crippen LogP contribution in [0.3, 0.4) is 0 Å². The third-order valence-electron chi connectivity index (χ3n) is 10.9. The lowest BCUT2D eigenvalue weighted by molar-refractivity contribution is -0.142. The minimum absolute atomic E-state index is 0.0319. The number of benzene rings is 7. The highest BCUT2D eigenvalue weighted by Crippen LogP contribution is 2.51. The van der Waals surface area contributed by atoms with Crippen molar-refractivity contribution >= 4 is 43.6 Å². The van der Waals surface area contributed by atoms with Crippen molar-refractivity contribution in [1.29, 1.82) is 26.3 Å². The van der Waals surface area contributed by atoms with E-state index < -0.39 is 34.6 Å². The SMILES string of the molecule is N#Cc1ccc2c(c1)c1cc(C#N)ccc1n2-c1cccc(C#N)c1-c1c(-c2c(C(F)(F)F)cccc2C(F)(F)F)cccc1-n1c2ccc(C#N)cc2c2cc(C#N)ccc21. The number of hydrogen-bond donors (Lipinski definition) is 0. The molecule has 0 aliphatic heterocycles. The van der Waals surface area contributed by atoms with E-state index in [4.69, 9.17) is 0 Å². The number of hydrogen-bond acceptors (Lipinski definition) is 5. The zero-order valence-electron chi connectivity index (χ0n) is 31.5. The molecular formula is C49H21F6N7. The van der Waals surface area contributed by atoms with Gasteiger partial charge in [0.25, 0.3) is 0 Å². The van der Waals surface area contributed by atoms with Gasteiger partial charge in [-0.2, -0.15) is 52.7 Å². The second kappa shape index (κ2) is 14.2. The topological polar surface area (TPSA) is 129 Å². The van der Waals surface area contributed by atoms with Gasteiger partial charge in [0.05, 0.1) is 103 Å². The fourth-order valence-corrected chi connectivity index (χ4v) is 8.44. The molecule has 0 spiro atoms. The maximum absolute atomic E-state index is 15.2. The number of nitrogens with zero attached hydrogens (tertiary/aromatic N) is 7. The van der Waals surface area contributed by atoms with Crippen LogP contribution in [0.25, 0.3) is 77.2 Å². The van der Waals surface area contributed by atoms with Crippen LogP contribution in [0.2, 0.25) is 0 Å². The lowest BCUT2D eigenvalue weighted by Crippen LogP contribution is -2.15. The zero-order valence-corrected chi connectivity index (χ0v) is 31.5. The predicted molar refractivity (Wildman–Crippen MR) is 220 cm³/mol. The molecule has 2 heterocycles. The molecule has 0 amide bonds. The van der Waals surface area contributed by atoms with Gasteiger partial charge >= 0.3 is 12.4 Å². The second-order valence-corrected chi connectivity index (χ2v) is 14.3. The molecule has 0 fully saturated rings. The summed E-state index contributed by atoms with van der Waals surface area (Å²) < 4.78 is 94.3. The quantitative estimate of drug-likeness (QED) is 0.163. The highest BCUT2D eigenvalue weighted by atomic mass is 19.4. The van der Waals surface area contributed by atoms with Crippen LogP contribution in [0.1, 0.15) is 38.9 Å². The number of alkyl halides is 6. The van der Waals surface area contributed by atoms with Crippen molar-refractivity contribution in [3.05, 3.63) is 166 Å². The Morgan fingerprint density at radius 2 is 0.726 bits per heavy atom. The summed E-state index contributed by atoms with van der Waals surface area (Å²) in [7, 11) is 0. The smallest absolute Gasteiger partial charge is 0.309 e. The summed E-state index contributed by atoms with van der Waals surface area (Å²) in [4.78, 5) is 0. The van der Waals surface area contributed by atoms with Crippen molar-refractivity contribution < 1.29 is 26.3 Å². The van der Waals surface area contributed by atoms with Crippen molar-refractivity contribution in [3.8, 4) is 64.0 Å². The monoisotopic (exact) mass is 821 g/mol. The van der Waals surface area contributed by atoms with E-state index in [1.807, 2.05) is 0 Å².